The normalized spacial score (nSPS) is 15.1. The van der Waals surface area contributed by atoms with Crippen molar-refractivity contribution in [2.75, 3.05) is 18.9 Å². The van der Waals surface area contributed by atoms with Gasteiger partial charge in [0.15, 0.2) is 0 Å². The maximum absolute atomic E-state index is 12.5. The van der Waals surface area contributed by atoms with Crippen LogP contribution in [-0.4, -0.2) is 31.4 Å². The summed E-state index contributed by atoms with van der Waals surface area (Å²) < 4.78 is 0. The van der Waals surface area contributed by atoms with Gasteiger partial charge in [0.25, 0.3) is 5.91 Å². The van der Waals surface area contributed by atoms with Crippen molar-refractivity contribution in [2.45, 2.75) is 51.0 Å². The van der Waals surface area contributed by atoms with Crippen molar-refractivity contribution < 1.29 is 9.59 Å². The van der Waals surface area contributed by atoms with E-state index in [2.05, 4.69) is 16.0 Å². The quantitative estimate of drug-likeness (QED) is 0.660. The fourth-order valence-electron chi connectivity index (χ4n) is 2.94. The fraction of sp³-hybridized carbons (Fsp3) is 0.556. The summed E-state index contributed by atoms with van der Waals surface area (Å²) in [6, 6.07) is 5.24. The molecule has 0 atom stereocenters. The molecule has 0 radical (unpaired) electrons. The van der Waals surface area contributed by atoms with Crippen LogP contribution in [0.4, 0.5) is 5.69 Å². The largest absolute Gasteiger partial charge is 0.349 e. The predicted molar refractivity (Wildman–Crippen MR) is 97.6 cm³/mol. The molecule has 0 bridgehead atoms. The molecule has 1 aromatic rings. The third kappa shape index (κ3) is 5.80. The molecule has 24 heavy (non-hydrogen) atoms. The lowest BCUT2D eigenvalue weighted by Crippen LogP contribution is -2.36. The number of carbonyl (C=O) groups is 2. The summed E-state index contributed by atoms with van der Waals surface area (Å²) >= 11 is 6.17. The van der Waals surface area contributed by atoms with E-state index in [0.717, 1.165) is 38.6 Å². The molecule has 0 unspecified atom stereocenters. The standard InChI is InChI=1S/C18H26ClN3O2/c1-20-11-5-8-17(23)21-14-9-10-16(19)15(12-14)18(24)22-13-6-3-2-4-7-13/h9-10,12-13,20H,2-8,11H2,1H3,(H,21,23)(H,22,24). The van der Waals surface area contributed by atoms with Gasteiger partial charge in [-0.3, -0.25) is 9.59 Å². The van der Waals surface area contributed by atoms with Crippen LogP contribution in [0.1, 0.15) is 55.3 Å². The van der Waals surface area contributed by atoms with Crippen LogP contribution in [-0.2, 0) is 4.79 Å². The minimum Gasteiger partial charge on any atom is -0.349 e. The second-order valence-electron chi connectivity index (χ2n) is 6.26. The van der Waals surface area contributed by atoms with Crippen LogP contribution >= 0.6 is 11.6 Å². The smallest absolute Gasteiger partial charge is 0.253 e. The van der Waals surface area contributed by atoms with Crippen LogP contribution < -0.4 is 16.0 Å². The zero-order valence-corrected chi connectivity index (χ0v) is 14.9. The Morgan fingerprint density at radius 3 is 2.67 bits per heavy atom. The molecule has 3 N–H and O–H groups in total. The lowest BCUT2D eigenvalue weighted by Gasteiger charge is -2.23. The Morgan fingerprint density at radius 2 is 1.96 bits per heavy atom. The van der Waals surface area contributed by atoms with Crippen LogP contribution in [0.15, 0.2) is 18.2 Å². The highest BCUT2D eigenvalue weighted by molar-refractivity contribution is 6.34. The average Bonchev–Trinajstić information content (AvgIpc) is 2.57. The van der Waals surface area contributed by atoms with E-state index >= 15 is 0 Å². The van der Waals surface area contributed by atoms with Gasteiger partial charge in [0.2, 0.25) is 5.91 Å². The van der Waals surface area contributed by atoms with Crippen LogP contribution in [0.3, 0.4) is 0 Å². The fourth-order valence-corrected chi connectivity index (χ4v) is 3.14. The van der Waals surface area contributed by atoms with Gasteiger partial charge in [-0.05, 0) is 51.1 Å². The first-order chi connectivity index (χ1) is 11.6. The van der Waals surface area contributed by atoms with Gasteiger partial charge in [-0.2, -0.15) is 0 Å². The monoisotopic (exact) mass is 351 g/mol. The number of amides is 2. The minimum absolute atomic E-state index is 0.0637. The van der Waals surface area contributed by atoms with Crippen molar-refractivity contribution in [3.05, 3.63) is 28.8 Å². The van der Waals surface area contributed by atoms with Crippen molar-refractivity contribution in [3.63, 3.8) is 0 Å². The lowest BCUT2D eigenvalue weighted by molar-refractivity contribution is -0.116. The zero-order valence-electron chi connectivity index (χ0n) is 14.2. The third-order valence-corrected chi connectivity index (χ3v) is 4.60. The molecular weight excluding hydrogens is 326 g/mol. The lowest BCUT2D eigenvalue weighted by atomic mass is 9.95. The Bertz CT molecular complexity index is 571. The van der Waals surface area contributed by atoms with Gasteiger partial charge in [-0.25, -0.2) is 0 Å². The van der Waals surface area contributed by atoms with Crippen molar-refractivity contribution in [3.8, 4) is 0 Å². The van der Waals surface area contributed by atoms with Crippen molar-refractivity contribution in [2.24, 2.45) is 0 Å². The average molecular weight is 352 g/mol. The molecule has 132 valence electrons. The molecule has 1 saturated carbocycles. The second-order valence-corrected chi connectivity index (χ2v) is 6.67. The second kappa shape index (κ2) is 9.64. The predicted octanol–water partition coefficient (Wildman–Crippen LogP) is 3.34. The van der Waals surface area contributed by atoms with Crippen LogP contribution in [0, 0.1) is 0 Å². The van der Waals surface area contributed by atoms with Crippen LogP contribution in [0.2, 0.25) is 5.02 Å². The molecule has 1 aromatic carbocycles. The molecular formula is C18H26ClN3O2. The first-order valence-electron chi connectivity index (χ1n) is 8.65. The maximum atomic E-state index is 12.5. The van der Waals surface area contributed by atoms with Crippen molar-refractivity contribution in [1.29, 1.82) is 0 Å². The van der Waals surface area contributed by atoms with Crippen molar-refractivity contribution in [1.82, 2.24) is 10.6 Å². The summed E-state index contributed by atoms with van der Waals surface area (Å²) in [7, 11) is 1.86. The highest BCUT2D eigenvalue weighted by Gasteiger charge is 2.18. The highest BCUT2D eigenvalue weighted by Crippen LogP contribution is 2.23. The SMILES string of the molecule is CNCCCC(=O)Nc1ccc(Cl)c(C(=O)NC2CCCCC2)c1. The number of carbonyl (C=O) groups excluding carboxylic acids is 2. The maximum Gasteiger partial charge on any atom is 0.253 e. The number of benzene rings is 1. The molecule has 6 heteroatoms. The van der Waals surface area contributed by atoms with Crippen molar-refractivity contribution >= 4 is 29.1 Å². The molecule has 1 aliphatic carbocycles. The van der Waals surface area contributed by atoms with E-state index in [1.54, 1.807) is 18.2 Å². The molecule has 1 aliphatic rings. The molecule has 0 heterocycles. The van der Waals surface area contributed by atoms with E-state index < -0.39 is 0 Å². The molecule has 1 fully saturated rings. The molecule has 2 amide bonds. The van der Waals surface area contributed by atoms with Gasteiger partial charge in [0, 0.05) is 18.2 Å². The Balaban J connectivity index is 1.96. The van der Waals surface area contributed by atoms with E-state index in [1.807, 2.05) is 7.05 Å². The Kier molecular flexibility index (Phi) is 7.53. The molecule has 0 saturated heterocycles. The summed E-state index contributed by atoms with van der Waals surface area (Å²) in [6.07, 6.45) is 6.79. The van der Waals surface area contributed by atoms with Gasteiger partial charge in [-0.15, -0.1) is 0 Å². The molecule has 2 rings (SSSR count). The van der Waals surface area contributed by atoms with Gasteiger partial charge >= 0.3 is 0 Å². The number of hydrogen-bond donors (Lipinski definition) is 3. The summed E-state index contributed by atoms with van der Waals surface area (Å²) in [4.78, 5) is 24.4. The Morgan fingerprint density at radius 1 is 1.21 bits per heavy atom. The molecule has 0 spiro atoms. The van der Waals surface area contributed by atoms with E-state index in [9.17, 15) is 9.59 Å². The minimum atomic E-state index is -0.168. The van der Waals surface area contributed by atoms with Gasteiger partial charge < -0.3 is 16.0 Å². The van der Waals surface area contributed by atoms with Gasteiger partial charge in [-0.1, -0.05) is 30.9 Å². The Hall–Kier alpha value is -1.59. The number of hydrogen-bond acceptors (Lipinski definition) is 3. The van der Waals surface area contributed by atoms with E-state index in [4.69, 9.17) is 11.6 Å². The highest BCUT2D eigenvalue weighted by atomic mass is 35.5. The molecule has 0 aromatic heterocycles. The summed E-state index contributed by atoms with van der Waals surface area (Å²) in [5.41, 5.74) is 1.01. The number of anilines is 1. The summed E-state index contributed by atoms with van der Waals surface area (Å²) in [6.45, 7) is 0.795. The van der Waals surface area contributed by atoms with E-state index in [0.29, 0.717) is 22.7 Å². The summed E-state index contributed by atoms with van der Waals surface area (Å²) in [5.74, 6) is -0.232. The number of halogens is 1. The van der Waals surface area contributed by atoms with Gasteiger partial charge in [0.05, 0.1) is 10.6 Å². The molecule has 0 aliphatic heterocycles. The number of nitrogens with one attached hydrogen (secondary N) is 3. The topological polar surface area (TPSA) is 70.2 Å². The van der Waals surface area contributed by atoms with E-state index in [-0.39, 0.29) is 17.9 Å². The first-order valence-corrected chi connectivity index (χ1v) is 9.03. The third-order valence-electron chi connectivity index (χ3n) is 4.27. The van der Waals surface area contributed by atoms with E-state index in [1.165, 1.54) is 6.42 Å². The summed E-state index contributed by atoms with van der Waals surface area (Å²) in [5, 5.41) is 9.28. The van der Waals surface area contributed by atoms with Crippen LogP contribution in [0.25, 0.3) is 0 Å². The van der Waals surface area contributed by atoms with Crippen LogP contribution in [0.5, 0.6) is 0 Å². The Labute approximate surface area is 148 Å². The zero-order chi connectivity index (χ0) is 17.4. The number of rotatable bonds is 7. The molecule has 5 nitrogen and oxygen atoms in total. The first kappa shape index (κ1) is 18.7. The van der Waals surface area contributed by atoms with Gasteiger partial charge in [0.1, 0.15) is 0 Å².